The maximum Gasteiger partial charge on any atom is 0.244 e. The number of aliphatic imine (C=N–C) groups is 1. The van der Waals surface area contributed by atoms with Crippen molar-refractivity contribution in [3.63, 3.8) is 0 Å². The standard InChI is InChI=1S/C56H97N5O4/c1-4-6-8-10-12-14-16-18-20-22-24-26-28-30-35-39-54(63)60-48-52(61-55(64)40-36-31-29-27-25-23-21-19-17-15-13-11-9-7-5-2)56(65)59-46-45-58-47-50-41-43-51(44-42-50)53(62)38-34-32-33-37-49(3)57/h18-21,41-44,47,49,52H,4-17,22-40,45-46,48,57H2,1-3H3,(H,59,65)(H,60,63)(H,61,64)/p+1/b20-18-,21-19-,58-47?. The van der Waals surface area contributed by atoms with E-state index in [1.54, 1.807) is 6.21 Å². The topological polar surface area (TPSA) is 144 Å². The highest BCUT2D eigenvalue weighted by atomic mass is 16.2. The molecule has 0 saturated carbocycles. The Morgan fingerprint density at radius 2 is 1.00 bits per heavy atom. The van der Waals surface area contributed by atoms with Crippen molar-refractivity contribution in [2.24, 2.45) is 4.99 Å². The van der Waals surface area contributed by atoms with Gasteiger partial charge in [0.25, 0.3) is 0 Å². The average Bonchev–Trinajstić information content (AvgIpc) is 3.30. The van der Waals surface area contributed by atoms with E-state index in [1.807, 2.05) is 24.3 Å². The summed E-state index contributed by atoms with van der Waals surface area (Å²) in [4.78, 5) is 56.2. The number of unbranched alkanes of at least 4 members (excludes halogenated alkanes) is 24. The van der Waals surface area contributed by atoms with Crippen LogP contribution in [0.3, 0.4) is 0 Å². The molecule has 6 N–H and O–H groups in total. The van der Waals surface area contributed by atoms with Crippen LogP contribution in [0.15, 0.2) is 53.6 Å². The van der Waals surface area contributed by atoms with Gasteiger partial charge in [0.15, 0.2) is 5.78 Å². The van der Waals surface area contributed by atoms with Gasteiger partial charge in [0.1, 0.15) is 6.04 Å². The average molecular weight is 905 g/mol. The highest BCUT2D eigenvalue weighted by molar-refractivity contribution is 5.96. The van der Waals surface area contributed by atoms with Gasteiger partial charge in [-0.15, -0.1) is 0 Å². The van der Waals surface area contributed by atoms with Crippen LogP contribution in [0.2, 0.25) is 0 Å². The van der Waals surface area contributed by atoms with E-state index in [1.165, 1.54) is 109 Å². The molecule has 0 bridgehead atoms. The van der Waals surface area contributed by atoms with Gasteiger partial charge in [0.2, 0.25) is 17.7 Å². The number of benzene rings is 1. The Labute approximate surface area is 398 Å². The van der Waals surface area contributed by atoms with Gasteiger partial charge in [0.05, 0.1) is 12.6 Å². The first-order chi connectivity index (χ1) is 31.8. The van der Waals surface area contributed by atoms with Crippen LogP contribution in [0.1, 0.15) is 249 Å². The number of quaternary nitrogens is 1. The van der Waals surface area contributed by atoms with Crippen molar-refractivity contribution in [2.75, 3.05) is 19.6 Å². The molecule has 0 aliphatic heterocycles. The van der Waals surface area contributed by atoms with Gasteiger partial charge in [-0.2, -0.15) is 0 Å². The lowest BCUT2D eigenvalue weighted by Gasteiger charge is -2.19. The van der Waals surface area contributed by atoms with E-state index in [0.29, 0.717) is 44.0 Å². The van der Waals surface area contributed by atoms with Crippen molar-refractivity contribution in [1.82, 2.24) is 16.0 Å². The number of carbonyl (C=O) groups excluding carboxylic acids is 4. The Bertz CT molecular complexity index is 1410. The van der Waals surface area contributed by atoms with Gasteiger partial charge in [-0.05, 0) is 96.0 Å². The minimum atomic E-state index is -0.857. The second kappa shape index (κ2) is 44.3. The second-order valence-corrected chi connectivity index (χ2v) is 18.7. The Balaban J connectivity index is 2.47. The molecule has 370 valence electrons. The summed E-state index contributed by atoms with van der Waals surface area (Å²) in [5.74, 6) is -0.433. The van der Waals surface area contributed by atoms with Crippen LogP contribution in [0.4, 0.5) is 0 Å². The van der Waals surface area contributed by atoms with Crippen molar-refractivity contribution in [3.05, 3.63) is 59.7 Å². The minimum Gasteiger partial charge on any atom is -0.355 e. The number of amides is 3. The Hall–Kier alpha value is -3.59. The lowest BCUT2D eigenvalue weighted by molar-refractivity contribution is -0.415. The molecule has 1 rings (SSSR count). The number of nitrogens with one attached hydrogen (secondary N) is 3. The Morgan fingerprint density at radius 1 is 0.554 bits per heavy atom. The van der Waals surface area contributed by atoms with Gasteiger partial charge in [0, 0.05) is 44.1 Å². The predicted octanol–water partition coefficient (Wildman–Crippen LogP) is 12.7. The number of hydrogen-bond acceptors (Lipinski definition) is 5. The number of Topliss-reactive ketones (excluding diaryl/α,β-unsaturated/α-hetero) is 1. The van der Waals surface area contributed by atoms with E-state index < -0.39 is 6.04 Å². The monoisotopic (exact) mass is 905 g/mol. The molecule has 3 amide bonds. The summed E-state index contributed by atoms with van der Waals surface area (Å²) in [6.07, 6.45) is 47.7. The minimum absolute atomic E-state index is 0.0532. The van der Waals surface area contributed by atoms with E-state index >= 15 is 0 Å². The molecule has 65 heavy (non-hydrogen) atoms. The zero-order valence-electron chi connectivity index (χ0n) is 42.1. The molecule has 9 heteroatoms. The maximum atomic E-state index is 13.3. The normalized spacial score (nSPS) is 12.6. The molecule has 0 spiro atoms. The molecule has 0 heterocycles. The van der Waals surface area contributed by atoms with E-state index in [9.17, 15) is 19.2 Å². The molecule has 0 aromatic heterocycles. The number of rotatable bonds is 45. The van der Waals surface area contributed by atoms with Crippen molar-refractivity contribution in [2.45, 2.75) is 245 Å². The van der Waals surface area contributed by atoms with Crippen LogP contribution < -0.4 is 21.7 Å². The number of carbonyl (C=O) groups is 4. The molecule has 2 atom stereocenters. The summed E-state index contributed by atoms with van der Waals surface area (Å²) in [5, 5.41) is 8.71. The molecule has 0 radical (unpaired) electrons. The molecular weight excluding hydrogens is 807 g/mol. The van der Waals surface area contributed by atoms with Gasteiger partial charge in [-0.25, -0.2) is 0 Å². The first-order valence-corrected chi connectivity index (χ1v) is 26.9. The zero-order chi connectivity index (χ0) is 47.3. The van der Waals surface area contributed by atoms with Crippen LogP contribution in [0, 0.1) is 0 Å². The lowest BCUT2D eigenvalue weighted by atomic mass is 10.0. The zero-order valence-corrected chi connectivity index (χ0v) is 42.1. The molecule has 0 aliphatic rings. The number of ketones is 1. The summed E-state index contributed by atoms with van der Waals surface area (Å²) < 4.78 is 0. The summed E-state index contributed by atoms with van der Waals surface area (Å²) >= 11 is 0. The fourth-order valence-corrected chi connectivity index (χ4v) is 7.88. The van der Waals surface area contributed by atoms with Crippen molar-refractivity contribution >= 4 is 29.7 Å². The number of hydrogen-bond donors (Lipinski definition) is 4. The quantitative estimate of drug-likeness (QED) is 0.0223. The first-order valence-electron chi connectivity index (χ1n) is 26.9. The van der Waals surface area contributed by atoms with E-state index in [4.69, 9.17) is 0 Å². The fourth-order valence-electron chi connectivity index (χ4n) is 7.88. The molecule has 0 fully saturated rings. The van der Waals surface area contributed by atoms with Crippen LogP contribution in [-0.2, 0) is 14.4 Å². The Kier molecular flexibility index (Phi) is 40.5. The molecule has 1 aromatic carbocycles. The van der Waals surface area contributed by atoms with Crippen LogP contribution in [0.25, 0.3) is 0 Å². The fraction of sp³-hybridized carbons (Fsp3) is 0.732. The first kappa shape index (κ1) is 59.4. The van der Waals surface area contributed by atoms with E-state index in [2.05, 4.69) is 71.8 Å². The molecule has 9 nitrogen and oxygen atoms in total. The van der Waals surface area contributed by atoms with Crippen molar-refractivity contribution < 1.29 is 24.9 Å². The summed E-state index contributed by atoms with van der Waals surface area (Å²) in [7, 11) is 0. The van der Waals surface area contributed by atoms with Crippen molar-refractivity contribution in [3.8, 4) is 0 Å². The predicted molar refractivity (Wildman–Crippen MR) is 276 cm³/mol. The number of allylic oxidation sites excluding steroid dienone is 4. The summed E-state index contributed by atoms with van der Waals surface area (Å²) in [6.45, 7) is 7.34. The third kappa shape index (κ3) is 38.2. The van der Waals surface area contributed by atoms with Gasteiger partial charge in [-0.3, -0.25) is 24.2 Å². The second-order valence-electron chi connectivity index (χ2n) is 18.7. The third-order valence-corrected chi connectivity index (χ3v) is 12.1. The van der Waals surface area contributed by atoms with Gasteiger partial charge >= 0.3 is 0 Å². The third-order valence-electron chi connectivity index (χ3n) is 12.1. The van der Waals surface area contributed by atoms with Crippen LogP contribution in [0.5, 0.6) is 0 Å². The molecular formula is C56H98N5O4+. The molecule has 0 aliphatic carbocycles. The molecule has 1 aromatic rings. The lowest BCUT2D eigenvalue weighted by Crippen LogP contribution is -2.58. The SMILES string of the molecule is CCCCCCCC/C=C\CCCCCCCC(=O)NCC(NC(=O)CCCCCCC/C=C\CCCCCCCC)C(=O)NCCN=Cc1ccc(C(=O)CCCCCC(C)[NH3+])cc1. The highest BCUT2D eigenvalue weighted by Crippen LogP contribution is 2.13. The van der Waals surface area contributed by atoms with Crippen LogP contribution in [-0.4, -0.2) is 61.4 Å². The van der Waals surface area contributed by atoms with E-state index in [0.717, 1.165) is 89.0 Å². The van der Waals surface area contributed by atoms with Crippen molar-refractivity contribution in [1.29, 1.82) is 0 Å². The summed E-state index contributed by atoms with van der Waals surface area (Å²) in [6, 6.07) is 7.07. The summed E-state index contributed by atoms with van der Waals surface area (Å²) in [5.41, 5.74) is 5.62. The molecule has 0 saturated heterocycles. The van der Waals surface area contributed by atoms with Crippen LogP contribution >= 0.6 is 0 Å². The highest BCUT2D eigenvalue weighted by Gasteiger charge is 2.21. The number of nitrogens with zero attached hydrogens (tertiary/aromatic N) is 1. The van der Waals surface area contributed by atoms with Gasteiger partial charge in [-0.1, -0.05) is 172 Å². The largest absolute Gasteiger partial charge is 0.355 e. The maximum absolute atomic E-state index is 13.3. The Morgan fingerprint density at radius 3 is 1.51 bits per heavy atom. The van der Waals surface area contributed by atoms with E-state index in [-0.39, 0.29) is 30.0 Å². The smallest absolute Gasteiger partial charge is 0.244 e. The molecule has 2 unspecified atom stereocenters. The van der Waals surface area contributed by atoms with Gasteiger partial charge < -0.3 is 21.7 Å².